The lowest BCUT2D eigenvalue weighted by atomic mass is 10.1. The molecule has 2 aromatic heterocycles. The van der Waals surface area contributed by atoms with Crippen LogP contribution in [-0.4, -0.2) is 31.9 Å². The zero-order valence-corrected chi connectivity index (χ0v) is 16.1. The first-order valence-electron chi connectivity index (χ1n) is 9.61. The van der Waals surface area contributed by atoms with Crippen molar-refractivity contribution >= 4 is 5.91 Å². The number of carbonyl (C=O) groups is 1. The third-order valence-corrected chi connectivity index (χ3v) is 4.78. The standard InChI is InChI=1S/C24H22N4O/c29-24(22-11-12-23(26-17-22)28-16-14-25-19-28)27(18-21-9-5-2-6-10-21)15-13-20-7-3-1-4-8-20/h1-12,14,16-17,19H,13,15,18H2. The van der Waals surface area contributed by atoms with Crippen molar-refractivity contribution in [3.8, 4) is 5.82 Å². The van der Waals surface area contributed by atoms with Crippen LogP contribution < -0.4 is 0 Å². The minimum absolute atomic E-state index is 0.0190. The van der Waals surface area contributed by atoms with Crippen LogP contribution in [0.3, 0.4) is 0 Å². The van der Waals surface area contributed by atoms with Gasteiger partial charge in [-0.15, -0.1) is 0 Å². The van der Waals surface area contributed by atoms with E-state index < -0.39 is 0 Å². The van der Waals surface area contributed by atoms with Crippen molar-refractivity contribution in [1.29, 1.82) is 0 Å². The van der Waals surface area contributed by atoms with E-state index in [1.54, 1.807) is 18.7 Å². The van der Waals surface area contributed by atoms with E-state index >= 15 is 0 Å². The average molecular weight is 382 g/mol. The van der Waals surface area contributed by atoms with Crippen molar-refractivity contribution in [2.45, 2.75) is 13.0 Å². The van der Waals surface area contributed by atoms with E-state index in [-0.39, 0.29) is 5.91 Å². The van der Waals surface area contributed by atoms with Gasteiger partial charge in [0, 0.05) is 31.7 Å². The van der Waals surface area contributed by atoms with Gasteiger partial charge in [-0.05, 0) is 29.7 Å². The van der Waals surface area contributed by atoms with Gasteiger partial charge >= 0.3 is 0 Å². The van der Waals surface area contributed by atoms with E-state index in [9.17, 15) is 4.79 Å². The third kappa shape index (κ3) is 4.76. The van der Waals surface area contributed by atoms with Gasteiger partial charge in [0.2, 0.25) is 0 Å². The Bertz CT molecular complexity index is 1030. The number of hydrogen-bond acceptors (Lipinski definition) is 3. The van der Waals surface area contributed by atoms with E-state index in [0.717, 1.165) is 17.8 Å². The molecular weight excluding hydrogens is 360 g/mol. The number of nitrogens with zero attached hydrogens (tertiary/aromatic N) is 4. The van der Waals surface area contributed by atoms with E-state index in [1.165, 1.54) is 5.56 Å². The second kappa shape index (κ2) is 8.97. The Morgan fingerprint density at radius 2 is 1.62 bits per heavy atom. The molecule has 5 nitrogen and oxygen atoms in total. The zero-order valence-electron chi connectivity index (χ0n) is 16.1. The van der Waals surface area contributed by atoms with Crippen LogP contribution in [0.1, 0.15) is 21.5 Å². The average Bonchev–Trinajstić information content (AvgIpc) is 3.33. The largest absolute Gasteiger partial charge is 0.334 e. The third-order valence-electron chi connectivity index (χ3n) is 4.78. The molecule has 144 valence electrons. The molecular formula is C24H22N4O. The summed E-state index contributed by atoms with van der Waals surface area (Å²) in [5.74, 6) is 0.715. The van der Waals surface area contributed by atoms with Gasteiger partial charge in [-0.1, -0.05) is 60.7 Å². The summed E-state index contributed by atoms with van der Waals surface area (Å²) in [6, 6.07) is 24.0. The topological polar surface area (TPSA) is 51.0 Å². The van der Waals surface area contributed by atoms with Gasteiger partial charge in [0.05, 0.1) is 5.56 Å². The minimum atomic E-state index is -0.0190. The molecule has 2 aromatic carbocycles. The highest BCUT2D eigenvalue weighted by molar-refractivity contribution is 5.94. The lowest BCUT2D eigenvalue weighted by molar-refractivity contribution is 0.0744. The molecule has 0 aliphatic heterocycles. The van der Waals surface area contributed by atoms with Gasteiger partial charge < -0.3 is 4.90 Å². The van der Waals surface area contributed by atoms with Crippen molar-refractivity contribution in [2.75, 3.05) is 6.54 Å². The van der Waals surface area contributed by atoms with Crippen LogP contribution in [0.25, 0.3) is 5.82 Å². The van der Waals surface area contributed by atoms with Crippen molar-refractivity contribution in [3.63, 3.8) is 0 Å². The summed E-state index contributed by atoms with van der Waals surface area (Å²) < 4.78 is 1.81. The first kappa shape index (κ1) is 18.6. The summed E-state index contributed by atoms with van der Waals surface area (Å²) in [5, 5.41) is 0. The van der Waals surface area contributed by atoms with Crippen LogP contribution in [-0.2, 0) is 13.0 Å². The number of carbonyl (C=O) groups excluding carboxylic acids is 1. The molecule has 0 atom stereocenters. The van der Waals surface area contributed by atoms with Crippen molar-refractivity contribution in [1.82, 2.24) is 19.4 Å². The molecule has 0 fully saturated rings. The van der Waals surface area contributed by atoms with Crippen LogP contribution >= 0.6 is 0 Å². The molecule has 0 aliphatic rings. The van der Waals surface area contributed by atoms with E-state index in [4.69, 9.17) is 0 Å². The second-order valence-electron chi connectivity index (χ2n) is 6.82. The Labute approximate surface area is 170 Å². The number of pyridine rings is 1. The summed E-state index contributed by atoms with van der Waals surface area (Å²) >= 11 is 0. The maximum absolute atomic E-state index is 13.2. The predicted molar refractivity (Wildman–Crippen MR) is 113 cm³/mol. The monoisotopic (exact) mass is 382 g/mol. The summed E-state index contributed by atoms with van der Waals surface area (Å²) in [7, 11) is 0. The highest BCUT2D eigenvalue weighted by Crippen LogP contribution is 2.13. The Hall–Kier alpha value is -3.73. The van der Waals surface area contributed by atoms with E-state index in [0.29, 0.717) is 18.7 Å². The Kier molecular flexibility index (Phi) is 5.76. The maximum atomic E-state index is 13.2. The molecule has 0 bridgehead atoms. The molecule has 1 amide bonds. The Balaban J connectivity index is 1.53. The van der Waals surface area contributed by atoms with Crippen LogP contribution in [0.4, 0.5) is 0 Å². The van der Waals surface area contributed by atoms with Crippen LogP contribution in [0, 0.1) is 0 Å². The molecule has 0 radical (unpaired) electrons. The van der Waals surface area contributed by atoms with Crippen LogP contribution in [0.15, 0.2) is 97.7 Å². The molecule has 0 N–H and O–H groups in total. The number of aromatic nitrogens is 3. The molecule has 5 heteroatoms. The molecule has 4 rings (SSSR count). The quantitative estimate of drug-likeness (QED) is 0.482. The molecule has 29 heavy (non-hydrogen) atoms. The Morgan fingerprint density at radius 1 is 0.897 bits per heavy atom. The van der Waals surface area contributed by atoms with Crippen molar-refractivity contribution in [3.05, 3.63) is 114 Å². The van der Waals surface area contributed by atoms with Gasteiger partial charge in [-0.2, -0.15) is 0 Å². The fraction of sp³-hybridized carbons (Fsp3) is 0.125. The molecule has 0 saturated heterocycles. The van der Waals surface area contributed by atoms with Gasteiger partial charge in [0.15, 0.2) is 0 Å². The number of amides is 1. The molecule has 2 heterocycles. The number of benzene rings is 2. The number of hydrogen-bond donors (Lipinski definition) is 0. The van der Waals surface area contributed by atoms with Crippen LogP contribution in [0.5, 0.6) is 0 Å². The Morgan fingerprint density at radius 3 is 2.24 bits per heavy atom. The van der Waals surface area contributed by atoms with Crippen LogP contribution in [0.2, 0.25) is 0 Å². The summed E-state index contributed by atoms with van der Waals surface area (Å²) in [6.07, 6.45) is 7.65. The van der Waals surface area contributed by atoms with E-state index in [2.05, 4.69) is 22.1 Å². The lowest BCUT2D eigenvalue weighted by Crippen LogP contribution is -2.32. The fourth-order valence-corrected chi connectivity index (χ4v) is 3.21. The normalized spacial score (nSPS) is 10.6. The van der Waals surface area contributed by atoms with Gasteiger partial charge in [-0.25, -0.2) is 9.97 Å². The molecule has 0 saturated carbocycles. The highest BCUT2D eigenvalue weighted by Gasteiger charge is 2.17. The van der Waals surface area contributed by atoms with Gasteiger partial charge in [-0.3, -0.25) is 9.36 Å². The summed E-state index contributed by atoms with van der Waals surface area (Å²) in [5.41, 5.74) is 2.90. The minimum Gasteiger partial charge on any atom is -0.334 e. The molecule has 0 unspecified atom stereocenters. The van der Waals surface area contributed by atoms with Gasteiger partial charge in [0.1, 0.15) is 12.1 Å². The predicted octanol–water partition coefficient (Wildman–Crippen LogP) is 4.15. The summed E-state index contributed by atoms with van der Waals surface area (Å²) in [4.78, 5) is 23.6. The fourth-order valence-electron chi connectivity index (χ4n) is 3.21. The smallest absolute Gasteiger partial charge is 0.255 e. The first-order chi connectivity index (χ1) is 14.3. The van der Waals surface area contributed by atoms with Crippen molar-refractivity contribution in [2.24, 2.45) is 0 Å². The second-order valence-corrected chi connectivity index (χ2v) is 6.82. The van der Waals surface area contributed by atoms with E-state index in [1.807, 2.05) is 76.3 Å². The molecule has 0 spiro atoms. The number of rotatable bonds is 7. The van der Waals surface area contributed by atoms with Crippen molar-refractivity contribution < 1.29 is 4.79 Å². The first-order valence-corrected chi connectivity index (χ1v) is 9.61. The number of imidazole rings is 1. The zero-order chi connectivity index (χ0) is 19.9. The van der Waals surface area contributed by atoms with Gasteiger partial charge in [0.25, 0.3) is 5.91 Å². The molecule has 0 aliphatic carbocycles. The lowest BCUT2D eigenvalue weighted by Gasteiger charge is -2.23. The summed E-state index contributed by atoms with van der Waals surface area (Å²) in [6.45, 7) is 1.21. The molecule has 4 aromatic rings. The maximum Gasteiger partial charge on any atom is 0.255 e. The highest BCUT2D eigenvalue weighted by atomic mass is 16.2. The SMILES string of the molecule is O=C(c1ccc(-n2ccnc2)nc1)N(CCc1ccccc1)Cc1ccccc1.